The summed E-state index contributed by atoms with van der Waals surface area (Å²) >= 11 is 0. The van der Waals surface area contributed by atoms with Gasteiger partial charge in [-0.25, -0.2) is 9.59 Å². The van der Waals surface area contributed by atoms with Gasteiger partial charge in [-0.05, 0) is 59.8 Å². The number of amides is 6. The minimum absolute atomic E-state index is 0.100. The van der Waals surface area contributed by atoms with Gasteiger partial charge in [0.25, 0.3) is 5.91 Å². The number of carbonyl (C=O) groups excluding carboxylic acids is 4. The molecule has 0 radical (unpaired) electrons. The van der Waals surface area contributed by atoms with Gasteiger partial charge in [0, 0.05) is 97.8 Å². The third-order valence-corrected chi connectivity index (χ3v) is 9.39. The van der Waals surface area contributed by atoms with Crippen LogP contribution in [0, 0.1) is 23.7 Å². The molecule has 53 heavy (non-hydrogen) atoms. The Kier molecular flexibility index (Phi) is 17.0. The Labute approximate surface area is 313 Å². The number of nitrogens with one attached hydrogen (secondary N) is 2. The Morgan fingerprint density at radius 1 is 0.642 bits per heavy atom. The predicted molar refractivity (Wildman–Crippen MR) is 203 cm³/mol. The number of aliphatic hydroxyl groups is 1. The summed E-state index contributed by atoms with van der Waals surface area (Å²) in [7, 11) is 0. The van der Waals surface area contributed by atoms with Gasteiger partial charge in [-0.2, -0.15) is 0 Å². The third kappa shape index (κ3) is 13.8. The standard InChI is InChI=1S/C40H54N8O5/c41-28-32-12-10-14-34(26-32)30-43-39(52)47-22-18-45(19-23-47)37(50)17-9-7-5-3-1-2-4-6-8-16-36(49)38(51)46-20-24-48(25-21-46)40(53)44-31-35-15-11-13-33(27-35)29-42/h10-15,26-27,36,49H,5-9,16-25,28-31,41-42H2,(H,43,52)(H,44,53). The van der Waals surface area contributed by atoms with Crippen molar-refractivity contribution >= 4 is 23.9 Å². The van der Waals surface area contributed by atoms with Gasteiger partial charge in [-0.1, -0.05) is 60.4 Å². The number of aliphatic hydroxyl groups excluding tert-OH is 1. The quantitative estimate of drug-likeness (QED) is 0.146. The van der Waals surface area contributed by atoms with Gasteiger partial charge in [0.2, 0.25) is 5.91 Å². The largest absolute Gasteiger partial charge is 0.383 e. The van der Waals surface area contributed by atoms with Crippen molar-refractivity contribution in [3.63, 3.8) is 0 Å². The molecule has 6 amide bonds. The van der Waals surface area contributed by atoms with Crippen molar-refractivity contribution in [1.29, 1.82) is 0 Å². The van der Waals surface area contributed by atoms with Crippen molar-refractivity contribution in [3.8, 4) is 23.7 Å². The normalized spacial score (nSPS) is 14.7. The zero-order chi connectivity index (χ0) is 37.8. The molecule has 2 aromatic carbocycles. The second-order valence-electron chi connectivity index (χ2n) is 13.3. The number of hydrogen-bond acceptors (Lipinski definition) is 7. The summed E-state index contributed by atoms with van der Waals surface area (Å²) in [6.07, 6.45) is 2.94. The Hall–Kier alpha value is -5.08. The molecule has 0 aromatic heterocycles. The first-order chi connectivity index (χ1) is 25.8. The molecule has 0 saturated carbocycles. The fourth-order valence-corrected chi connectivity index (χ4v) is 6.18. The lowest BCUT2D eigenvalue weighted by Crippen LogP contribution is -2.54. The Bertz CT molecular complexity index is 1650. The number of benzene rings is 2. The van der Waals surface area contributed by atoms with Crippen LogP contribution in [0.25, 0.3) is 0 Å². The van der Waals surface area contributed by atoms with E-state index < -0.39 is 6.10 Å². The molecule has 2 saturated heterocycles. The van der Waals surface area contributed by atoms with Crippen LogP contribution in [0.2, 0.25) is 0 Å². The number of carbonyl (C=O) groups is 4. The maximum absolute atomic E-state index is 12.7. The fraction of sp³-hybridized carbons (Fsp3) is 0.500. The minimum atomic E-state index is -1.10. The molecule has 0 spiro atoms. The molecular weight excluding hydrogens is 672 g/mol. The maximum Gasteiger partial charge on any atom is 0.317 e. The monoisotopic (exact) mass is 726 g/mol. The lowest BCUT2D eigenvalue weighted by molar-refractivity contribution is -0.142. The van der Waals surface area contributed by atoms with Crippen LogP contribution in [-0.4, -0.2) is 107 Å². The fourth-order valence-electron chi connectivity index (χ4n) is 6.18. The second kappa shape index (κ2) is 22.1. The van der Waals surface area contributed by atoms with Crippen LogP contribution >= 0.6 is 0 Å². The van der Waals surface area contributed by atoms with Gasteiger partial charge >= 0.3 is 12.1 Å². The molecule has 4 rings (SSSR count). The summed E-state index contributed by atoms with van der Waals surface area (Å²) in [4.78, 5) is 57.4. The summed E-state index contributed by atoms with van der Waals surface area (Å²) < 4.78 is 0. The topological polar surface area (TPSA) is 178 Å². The van der Waals surface area contributed by atoms with E-state index in [1.807, 2.05) is 53.4 Å². The third-order valence-electron chi connectivity index (χ3n) is 9.39. The summed E-state index contributed by atoms with van der Waals surface area (Å²) in [5.74, 6) is 11.5. The van der Waals surface area contributed by atoms with E-state index in [2.05, 4.69) is 34.3 Å². The molecule has 1 atom stereocenters. The highest BCUT2D eigenvalue weighted by atomic mass is 16.3. The first-order valence-electron chi connectivity index (χ1n) is 18.6. The van der Waals surface area contributed by atoms with E-state index in [1.165, 1.54) is 0 Å². The average Bonchev–Trinajstić information content (AvgIpc) is 3.20. The van der Waals surface area contributed by atoms with E-state index in [9.17, 15) is 24.3 Å². The Morgan fingerprint density at radius 3 is 1.60 bits per heavy atom. The first kappa shape index (κ1) is 40.7. The predicted octanol–water partition coefficient (Wildman–Crippen LogP) is 2.11. The van der Waals surface area contributed by atoms with Crippen LogP contribution < -0.4 is 22.1 Å². The van der Waals surface area contributed by atoms with Crippen LogP contribution in [0.4, 0.5) is 9.59 Å². The van der Waals surface area contributed by atoms with E-state index in [1.54, 1.807) is 14.7 Å². The van der Waals surface area contributed by atoms with Crippen molar-refractivity contribution in [1.82, 2.24) is 30.2 Å². The van der Waals surface area contributed by atoms with Gasteiger partial charge in [0.1, 0.15) is 6.10 Å². The van der Waals surface area contributed by atoms with Crippen LogP contribution in [0.3, 0.4) is 0 Å². The zero-order valence-corrected chi connectivity index (χ0v) is 30.7. The van der Waals surface area contributed by atoms with Gasteiger partial charge in [-0.15, -0.1) is 0 Å². The van der Waals surface area contributed by atoms with Crippen molar-refractivity contribution in [2.24, 2.45) is 11.5 Å². The first-order valence-corrected chi connectivity index (χ1v) is 18.6. The van der Waals surface area contributed by atoms with Crippen molar-refractivity contribution in [2.45, 2.75) is 77.2 Å². The number of nitrogens with zero attached hydrogens (tertiary/aromatic N) is 4. The summed E-state index contributed by atoms with van der Waals surface area (Å²) in [5.41, 5.74) is 15.4. The van der Waals surface area contributed by atoms with Gasteiger partial charge in [-0.3, -0.25) is 9.59 Å². The molecule has 2 aliphatic rings. The van der Waals surface area contributed by atoms with Gasteiger partial charge < -0.3 is 46.8 Å². The van der Waals surface area contributed by atoms with E-state index in [-0.39, 0.29) is 23.9 Å². The SMILES string of the molecule is NCc1cccc(CNC(=O)N2CCN(C(=O)CCCCC#CC#CCCCC(O)C(=O)N3CCN(C(=O)NCc4cccc(CN)c4)CC3)CC2)c1. The van der Waals surface area contributed by atoms with E-state index >= 15 is 0 Å². The Balaban J connectivity index is 0.998. The van der Waals surface area contributed by atoms with Crippen molar-refractivity contribution in [3.05, 3.63) is 70.8 Å². The number of rotatable bonds is 14. The molecule has 2 fully saturated rings. The molecular formula is C40H54N8O5. The molecule has 13 nitrogen and oxygen atoms in total. The van der Waals surface area contributed by atoms with Crippen LogP contribution in [0.5, 0.6) is 0 Å². The van der Waals surface area contributed by atoms with Gasteiger partial charge in [0.15, 0.2) is 0 Å². The highest BCUT2D eigenvalue weighted by Crippen LogP contribution is 2.11. The van der Waals surface area contributed by atoms with Crippen molar-refractivity contribution < 1.29 is 24.3 Å². The molecule has 1 unspecified atom stereocenters. The number of piperazine rings is 2. The summed E-state index contributed by atoms with van der Waals surface area (Å²) in [5, 5.41) is 16.3. The van der Waals surface area contributed by atoms with E-state index in [0.29, 0.717) is 111 Å². The molecule has 13 heteroatoms. The molecule has 0 bridgehead atoms. The highest BCUT2D eigenvalue weighted by molar-refractivity contribution is 5.81. The van der Waals surface area contributed by atoms with Crippen LogP contribution in [0.1, 0.15) is 67.2 Å². The molecule has 284 valence electrons. The Morgan fingerprint density at radius 2 is 1.09 bits per heavy atom. The minimum Gasteiger partial charge on any atom is -0.383 e. The number of urea groups is 2. The lowest BCUT2D eigenvalue weighted by Gasteiger charge is -2.35. The number of unbranched alkanes of at least 4 members (excludes halogenated alkanes) is 3. The molecule has 2 aliphatic heterocycles. The maximum atomic E-state index is 12.7. The molecule has 7 N–H and O–H groups in total. The molecule has 2 heterocycles. The number of nitrogens with two attached hydrogens (primary N) is 2. The molecule has 2 aromatic rings. The van der Waals surface area contributed by atoms with Crippen LogP contribution in [0.15, 0.2) is 48.5 Å². The number of hydrogen-bond donors (Lipinski definition) is 5. The second-order valence-corrected chi connectivity index (χ2v) is 13.3. The average molecular weight is 727 g/mol. The summed E-state index contributed by atoms with van der Waals surface area (Å²) in [6.45, 7) is 5.36. The lowest BCUT2D eigenvalue weighted by atomic mass is 10.1. The van der Waals surface area contributed by atoms with E-state index in [4.69, 9.17) is 11.5 Å². The zero-order valence-electron chi connectivity index (χ0n) is 30.7. The highest BCUT2D eigenvalue weighted by Gasteiger charge is 2.28. The van der Waals surface area contributed by atoms with Crippen LogP contribution in [-0.2, 0) is 35.8 Å². The summed E-state index contributed by atoms with van der Waals surface area (Å²) in [6, 6.07) is 15.3. The van der Waals surface area contributed by atoms with Gasteiger partial charge in [0.05, 0.1) is 0 Å². The van der Waals surface area contributed by atoms with Crippen molar-refractivity contribution in [2.75, 3.05) is 52.4 Å². The van der Waals surface area contributed by atoms with E-state index in [0.717, 1.165) is 35.1 Å². The molecule has 0 aliphatic carbocycles. The smallest absolute Gasteiger partial charge is 0.317 e.